The number of thiocarbonyl (C=S) groups is 1. The van der Waals surface area contributed by atoms with Crippen molar-refractivity contribution >= 4 is 34.6 Å². The fourth-order valence-electron chi connectivity index (χ4n) is 2.86. The van der Waals surface area contributed by atoms with E-state index in [1.807, 2.05) is 25.1 Å². The second-order valence-electron chi connectivity index (χ2n) is 5.88. The average molecular weight is 311 g/mol. The molecule has 20 heavy (non-hydrogen) atoms. The first-order valence-electron chi connectivity index (χ1n) is 7.31. The van der Waals surface area contributed by atoms with Gasteiger partial charge in [0.05, 0.1) is 0 Å². The van der Waals surface area contributed by atoms with E-state index in [-0.39, 0.29) is 0 Å². The first-order valence-corrected chi connectivity index (χ1v) is 8.10. The van der Waals surface area contributed by atoms with Crippen LogP contribution in [0.1, 0.15) is 38.7 Å². The van der Waals surface area contributed by atoms with Crippen molar-refractivity contribution in [3.8, 4) is 0 Å². The van der Waals surface area contributed by atoms with E-state index in [2.05, 4.69) is 24.5 Å². The molecule has 2 rings (SSSR count). The highest BCUT2D eigenvalue weighted by Gasteiger charge is 2.27. The Balaban J connectivity index is 1.97. The maximum atomic E-state index is 6.13. The molecule has 2 N–H and O–H groups in total. The largest absolute Gasteiger partial charge is 0.359 e. The summed E-state index contributed by atoms with van der Waals surface area (Å²) in [4.78, 5) is 0. The molecule has 1 aliphatic rings. The first-order chi connectivity index (χ1) is 9.49. The highest BCUT2D eigenvalue weighted by molar-refractivity contribution is 7.80. The van der Waals surface area contributed by atoms with E-state index < -0.39 is 0 Å². The number of nitrogens with one attached hydrogen (secondary N) is 2. The van der Waals surface area contributed by atoms with E-state index in [0.29, 0.717) is 17.1 Å². The Kier molecular flexibility index (Phi) is 5.28. The lowest BCUT2D eigenvalue weighted by atomic mass is 9.78. The Morgan fingerprint density at radius 2 is 2.05 bits per heavy atom. The number of benzene rings is 1. The van der Waals surface area contributed by atoms with E-state index in [0.717, 1.165) is 22.2 Å². The molecule has 0 spiro atoms. The van der Waals surface area contributed by atoms with Gasteiger partial charge >= 0.3 is 0 Å². The van der Waals surface area contributed by atoms with Crippen LogP contribution in [0.4, 0.5) is 5.69 Å². The Morgan fingerprint density at radius 1 is 1.30 bits per heavy atom. The summed E-state index contributed by atoms with van der Waals surface area (Å²) in [5, 5.41) is 8.20. The molecule has 0 unspecified atom stereocenters. The van der Waals surface area contributed by atoms with Crippen LogP contribution in [-0.2, 0) is 0 Å². The zero-order valence-electron chi connectivity index (χ0n) is 12.4. The Labute approximate surface area is 132 Å². The summed E-state index contributed by atoms with van der Waals surface area (Å²) in [6.45, 7) is 6.64. The average Bonchev–Trinajstić information content (AvgIpc) is 2.40. The lowest BCUT2D eigenvalue weighted by molar-refractivity contribution is 0.225. The van der Waals surface area contributed by atoms with Crippen LogP contribution in [0.3, 0.4) is 0 Å². The third kappa shape index (κ3) is 3.64. The molecule has 0 amide bonds. The van der Waals surface area contributed by atoms with Crippen molar-refractivity contribution in [3.63, 3.8) is 0 Å². The number of hydrogen-bond donors (Lipinski definition) is 2. The van der Waals surface area contributed by atoms with Crippen LogP contribution in [0.5, 0.6) is 0 Å². The van der Waals surface area contributed by atoms with Crippen LogP contribution in [0, 0.1) is 18.8 Å². The van der Waals surface area contributed by atoms with Crippen molar-refractivity contribution in [1.29, 1.82) is 0 Å². The summed E-state index contributed by atoms with van der Waals surface area (Å²) in [6, 6.07) is 6.30. The molecule has 3 atom stereocenters. The van der Waals surface area contributed by atoms with Gasteiger partial charge < -0.3 is 10.6 Å². The predicted molar refractivity (Wildman–Crippen MR) is 91.5 cm³/mol. The standard InChI is InChI=1S/C16H23ClN2S/c1-10-6-4-8-14(11(10)2)18-16(20)19-15-9-5-7-13(17)12(15)3/h5,7,9-11,14H,4,6,8H2,1-3H3,(H2,18,19,20)/t10-,11+,14+/m0/s1. The van der Waals surface area contributed by atoms with Crippen molar-refractivity contribution in [1.82, 2.24) is 5.32 Å². The van der Waals surface area contributed by atoms with Gasteiger partial charge in [0.1, 0.15) is 0 Å². The van der Waals surface area contributed by atoms with Gasteiger partial charge in [-0.2, -0.15) is 0 Å². The van der Waals surface area contributed by atoms with Gasteiger partial charge in [-0.15, -0.1) is 0 Å². The van der Waals surface area contributed by atoms with Crippen molar-refractivity contribution < 1.29 is 0 Å². The monoisotopic (exact) mass is 310 g/mol. The third-order valence-electron chi connectivity index (χ3n) is 4.54. The second-order valence-corrected chi connectivity index (χ2v) is 6.70. The van der Waals surface area contributed by atoms with Gasteiger partial charge in [-0.05, 0) is 55.1 Å². The van der Waals surface area contributed by atoms with Gasteiger partial charge in [0.25, 0.3) is 0 Å². The molecule has 1 aromatic rings. The van der Waals surface area contributed by atoms with E-state index >= 15 is 0 Å². The molecule has 2 nitrogen and oxygen atoms in total. The summed E-state index contributed by atoms with van der Waals surface area (Å²) in [5.74, 6) is 1.42. The smallest absolute Gasteiger partial charge is 0.171 e. The summed E-state index contributed by atoms with van der Waals surface area (Å²) in [7, 11) is 0. The predicted octanol–water partition coefficient (Wildman–Crippen LogP) is 4.76. The third-order valence-corrected chi connectivity index (χ3v) is 5.17. The summed E-state index contributed by atoms with van der Waals surface area (Å²) < 4.78 is 0. The van der Waals surface area contributed by atoms with Crippen LogP contribution in [0.25, 0.3) is 0 Å². The van der Waals surface area contributed by atoms with Crippen molar-refractivity contribution in [3.05, 3.63) is 28.8 Å². The molecule has 1 saturated carbocycles. The van der Waals surface area contributed by atoms with Crippen LogP contribution in [0.15, 0.2) is 18.2 Å². The maximum Gasteiger partial charge on any atom is 0.171 e. The van der Waals surface area contributed by atoms with Crippen LogP contribution >= 0.6 is 23.8 Å². The number of halogens is 1. The van der Waals surface area contributed by atoms with Gasteiger partial charge in [0, 0.05) is 16.8 Å². The lowest BCUT2D eigenvalue weighted by Gasteiger charge is -2.35. The van der Waals surface area contributed by atoms with Gasteiger partial charge in [0.15, 0.2) is 5.11 Å². The molecule has 0 aliphatic heterocycles. The lowest BCUT2D eigenvalue weighted by Crippen LogP contribution is -2.45. The normalized spacial score (nSPS) is 26.1. The van der Waals surface area contributed by atoms with Crippen LogP contribution < -0.4 is 10.6 Å². The zero-order chi connectivity index (χ0) is 14.7. The number of anilines is 1. The molecular formula is C16H23ClN2S. The van der Waals surface area contributed by atoms with Crippen molar-refractivity contribution in [2.24, 2.45) is 11.8 Å². The minimum Gasteiger partial charge on any atom is -0.359 e. The highest BCUT2D eigenvalue weighted by Crippen LogP contribution is 2.29. The first kappa shape index (κ1) is 15.6. The topological polar surface area (TPSA) is 24.1 Å². The van der Waals surface area contributed by atoms with Gasteiger partial charge in [-0.1, -0.05) is 44.4 Å². The Hall–Kier alpha value is -0.800. The maximum absolute atomic E-state index is 6.13. The highest BCUT2D eigenvalue weighted by atomic mass is 35.5. The number of rotatable bonds is 2. The molecule has 4 heteroatoms. The fourth-order valence-corrected chi connectivity index (χ4v) is 3.29. The van der Waals surface area contributed by atoms with Gasteiger partial charge in [-0.3, -0.25) is 0 Å². The van der Waals surface area contributed by atoms with E-state index in [9.17, 15) is 0 Å². The molecule has 0 heterocycles. The molecule has 1 aromatic carbocycles. The second kappa shape index (κ2) is 6.77. The fraction of sp³-hybridized carbons (Fsp3) is 0.562. The SMILES string of the molecule is Cc1c(Cl)cccc1NC(=S)N[C@@H]1CCC[C@H](C)[C@H]1C. The molecule has 0 bridgehead atoms. The van der Waals surface area contributed by atoms with Crippen LogP contribution in [0.2, 0.25) is 5.02 Å². The zero-order valence-corrected chi connectivity index (χ0v) is 13.9. The quantitative estimate of drug-likeness (QED) is 0.770. The molecule has 1 aliphatic carbocycles. The summed E-state index contributed by atoms with van der Waals surface area (Å²) in [5.41, 5.74) is 2.01. The summed E-state index contributed by atoms with van der Waals surface area (Å²) >= 11 is 11.6. The molecule has 0 aromatic heterocycles. The minimum absolute atomic E-state index is 0.471. The molecule has 0 saturated heterocycles. The number of hydrogen-bond acceptors (Lipinski definition) is 1. The van der Waals surface area contributed by atoms with Gasteiger partial charge in [-0.25, -0.2) is 0 Å². The van der Waals surface area contributed by atoms with E-state index in [4.69, 9.17) is 23.8 Å². The molecule has 0 radical (unpaired) electrons. The van der Waals surface area contributed by atoms with E-state index in [1.54, 1.807) is 0 Å². The van der Waals surface area contributed by atoms with Crippen LogP contribution in [-0.4, -0.2) is 11.2 Å². The van der Waals surface area contributed by atoms with Crippen molar-refractivity contribution in [2.75, 3.05) is 5.32 Å². The molecule has 110 valence electrons. The van der Waals surface area contributed by atoms with Gasteiger partial charge in [0.2, 0.25) is 0 Å². The van der Waals surface area contributed by atoms with E-state index in [1.165, 1.54) is 19.3 Å². The Morgan fingerprint density at radius 3 is 2.80 bits per heavy atom. The minimum atomic E-state index is 0.471. The Bertz CT molecular complexity index is 489. The molecule has 1 fully saturated rings. The molecular weight excluding hydrogens is 288 g/mol. The van der Waals surface area contributed by atoms with Crippen molar-refractivity contribution in [2.45, 2.75) is 46.1 Å². The summed E-state index contributed by atoms with van der Waals surface area (Å²) in [6.07, 6.45) is 3.80.